The average Bonchev–Trinajstić information content (AvgIpc) is 2.39. The van der Waals surface area contributed by atoms with Gasteiger partial charge < -0.3 is 5.32 Å². The van der Waals surface area contributed by atoms with E-state index in [1.165, 1.54) is 30.9 Å². The van der Waals surface area contributed by atoms with Crippen molar-refractivity contribution in [3.05, 3.63) is 48.0 Å². The summed E-state index contributed by atoms with van der Waals surface area (Å²) < 4.78 is 38.3. The van der Waals surface area contributed by atoms with Gasteiger partial charge in [0.1, 0.15) is 6.33 Å². The monoisotopic (exact) mass is 264 g/mol. The van der Waals surface area contributed by atoms with Crippen molar-refractivity contribution in [3.63, 3.8) is 0 Å². The molecule has 19 heavy (non-hydrogen) atoms. The number of alkyl halides is 3. The lowest BCUT2D eigenvalue weighted by Crippen LogP contribution is -2.08. The molecule has 0 aliphatic rings. The van der Waals surface area contributed by atoms with Crippen LogP contribution in [0.1, 0.15) is 11.1 Å². The van der Waals surface area contributed by atoms with Crippen LogP contribution >= 0.6 is 0 Å². The Balaban J connectivity index is 2.37. The highest BCUT2D eigenvalue weighted by Crippen LogP contribution is 2.34. The Morgan fingerprint density at radius 3 is 2.37 bits per heavy atom. The molecule has 2 rings (SSSR count). The smallest absolute Gasteiger partial charge is 0.353 e. The summed E-state index contributed by atoms with van der Waals surface area (Å²) in [5, 5.41) is 11.4. The normalized spacial score (nSPS) is 10.8. The Hall–Kier alpha value is -2.62. The molecule has 1 aromatic heterocycles. The Kier molecular flexibility index (Phi) is 3.33. The Morgan fingerprint density at radius 2 is 1.79 bits per heavy atom. The number of aromatic nitrogens is 2. The fourth-order valence-electron chi connectivity index (χ4n) is 1.48. The maximum absolute atomic E-state index is 12.8. The van der Waals surface area contributed by atoms with Crippen molar-refractivity contribution < 1.29 is 13.2 Å². The van der Waals surface area contributed by atoms with Crippen molar-refractivity contribution in [1.82, 2.24) is 9.97 Å². The van der Waals surface area contributed by atoms with E-state index < -0.39 is 17.3 Å². The third kappa shape index (κ3) is 2.98. The number of hydrogen-bond acceptors (Lipinski definition) is 4. The van der Waals surface area contributed by atoms with E-state index in [1.807, 2.05) is 0 Å². The molecular weight excluding hydrogens is 257 g/mol. The minimum Gasteiger partial charge on any atom is -0.353 e. The molecule has 2 aromatic rings. The first-order chi connectivity index (χ1) is 9.00. The number of nitriles is 1. The highest BCUT2D eigenvalue weighted by atomic mass is 19.4. The van der Waals surface area contributed by atoms with E-state index >= 15 is 0 Å². The van der Waals surface area contributed by atoms with Crippen LogP contribution in [-0.4, -0.2) is 9.97 Å². The fourth-order valence-corrected chi connectivity index (χ4v) is 1.48. The maximum Gasteiger partial charge on any atom is 0.417 e. The van der Waals surface area contributed by atoms with E-state index in [0.29, 0.717) is 5.69 Å². The first kappa shape index (κ1) is 12.8. The second-order valence-electron chi connectivity index (χ2n) is 3.62. The van der Waals surface area contributed by atoms with E-state index in [0.717, 1.165) is 12.1 Å². The summed E-state index contributed by atoms with van der Waals surface area (Å²) in [6.45, 7) is 0. The van der Waals surface area contributed by atoms with E-state index in [9.17, 15) is 13.2 Å². The number of halogens is 3. The minimum atomic E-state index is -4.57. The van der Waals surface area contributed by atoms with Crippen LogP contribution in [0.2, 0.25) is 0 Å². The number of hydrogen-bond donors (Lipinski definition) is 1. The molecule has 0 aliphatic heterocycles. The van der Waals surface area contributed by atoms with E-state index in [2.05, 4.69) is 15.3 Å². The molecule has 0 aliphatic carbocycles. The predicted octanol–water partition coefficient (Wildman–Crippen LogP) is 3.11. The first-order valence-corrected chi connectivity index (χ1v) is 5.14. The lowest BCUT2D eigenvalue weighted by molar-refractivity contribution is -0.137. The minimum absolute atomic E-state index is 0.209. The predicted molar refractivity (Wildman–Crippen MR) is 61.5 cm³/mol. The largest absolute Gasteiger partial charge is 0.417 e. The Labute approximate surface area is 106 Å². The third-order valence-corrected chi connectivity index (χ3v) is 2.29. The summed E-state index contributed by atoms with van der Waals surface area (Å²) in [6.07, 6.45) is -0.405. The number of benzene rings is 1. The quantitative estimate of drug-likeness (QED) is 0.905. The van der Waals surface area contributed by atoms with Gasteiger partial charge in [-0.15, -0.1) is 0 Å². The van der Waals surface area contributed by atoms with Crippen molar-refractivity contribution in [3.8, 4) is 6.07 Å². The van der Waals surface area contributed by atoms with Crippen LogP contribution in [0.15, 0.2) is 36.9 Å². The van der Waals surface area contributed by atoms with Gasteiger partial charge >= 0.3 is 6.18 Å². The van der Waals surface area contributed by atoms with Crippen molar-refractivity contribution in [1.29, 1.82) is 5.26 Å². The lowest BCUT2D eigenvalue weighted by atomic mass is 10.1. The second kappa shape index (κ2) is 4.94. The highest BCUT2D eigenvalue weighted by Gasteiger charge is 2.33. The highest BCUT2D eigenvalue weighted by molar-refractivity contribution is 5.61. The molecule has 7 heteroatoms. The Bertz CT molecular complexity index is 617. The van der Waals surface area contributed by atoms with Gasteiger partial charge in [-0.05, 0) is 18.2 Å². The molecular formula is C12H7F3N4. The van der Waals surface area contributed by atoms with Gasteiger partial charge in [-0.1, -0.05) is 0 Å². The molecule has 0 atom stereocenters. The van der Waals surface area contributed by atoms with Crippen molar-refractivity contribution >= 4 is 11.4 Å². The zero-order valence-corrected chi connectivity index (χ0v) is 9.44. The topological polar surface area (TPSA) is 61.6 Å². The summed E-state index contributed by atoms with van der Waals surface area (Å²) in [6, 6.07) is 4.91. The molecule has 1 heterocycles. The maximum atomic E-state index is 12.8. The molecule has 0 unspecified atom stereocenters. The summed E-state index contributed by atoms with van der Waals surface area (Å²) >= 11 is 0. The zero-order valence-electron chi connectivity index (χ0n) is 9.44. The van der Waals surface area contributed by atoms with E-state index in [-0.39, 0.29) is 5.69 Å². The number of nitrogens with zero attached hydrogens (tertiary/aromatic N) is 3. The van der Waals surface area contributed by atoms with Crippen LogP contribution in [0.25, 0.3) is 0 Å². The summed E-state index contributed by atoms with van der Waals surface area (Å²) in [7, 11) is 0. The van der Waals surface area contributed by atoms with Crippen LogP contribution < -0.4 is 5.32 Å². The van der Waals surface area contributed by atoms with Crippen LogP contribution in [0.5, 0.6) is 0 Å². The Morgan fingerprint density at radius 1 is 1.11 bits per heavy atom. The van der Waals surface area contributed by atoms with Crippen LogP contribution in [0, 0.1) is 11.3 Å². The van der Waals surface area contributed by atoms with E-state index in [1.54, 1.807) is 0 Å². The van der Waals surface area contributed by atoms with Crippen LogP contribution in [-0.2, 0) is 6.18 Å². The van der Waals surface area contributed by atoms with Crippen LogP contribution in [0.3, 0.4) is 0 Å². The van der Waals surface area contributed by atoms with Gasteiger partial charge in [0.2, 0.25) is 0 Å². The second-order valence-corrected chi connectivity index (χ2v) is 3.62. The SMILES string of the molecule is N#Cc1ccc(Nc2cncnc2)cc1C(F)(F)F. The van der Waals surface area contributed by atoms with Gasteiger partial charge in [-0.25, -0.2) is 9.97 Å². The van der Waals surface area contributed by atoms with Gasteiger partial charge in [0, 0.05) is 5.69 Å². The number of anilines is 2. The lowest BCUT2D eigenvalue weighted by Gasteiger charge is -2.11. The molecule has 1 aromatic carbocycles. The molecule has 0 saturated heterocycles. The fraction of sp³-hybridized carbons (Fsp3) is 0.0833. The summed E-state index contributed by atoms with van der Waals surface area (Å²) in [4.78, 5) is 7.48. The number of rotatable bonds is 2. The molecule has 0 spiro atoms. The molecule has 1 N–H and O–H groups in total. The molecule has 96 valence electrons. The zero-order chi connectivity index (χ0) is 13.9. The molecule has 0 fully saturated rings. The summed E-state index contributed by atoms with van der Waals surface area (Å²) in [5.41, 5.74) is -0.722. The average molecular weight is 264 g/mol. The molecule has 0 radical (unpaired) electrons. The standard InChI is InChI=1S/C12H7F3N4/c13-12(14,15)11-3-9(2-1-8(11)4-16)19-10-5-17-7-18-6-10/h1-3,5-7,19H. The van der Waals surface area contributed by atoms with Crippen LogP contribution in [0.4, 0.5) is 24.5 Å². The molecule has 0 bridgehead atoms. The summed E-state index contributed by atoms with van der Waals surface area (Å²) in [5.74, 6) is 0. The third-order valence-electron chi connectivity index (χ3n) is 2.29. The van der Waals surface area contributed by atoms with Gasteiger partial charge in [-0.2, -0.15) is 18.4 Å². The molecule has 4 nitrogen and oxygen atoms in total. The molecule has 0 saturated carbocycles. The van der Waals surface area contributed by atoms with Crippen molar-refractivity contribution in [2.75, 3.05) is 5.32 Å². The van der Waals surface area contributed by atoms with Gasteiger partial charge in [0.25, 0.3) is 0 Å². The van der Waals surface area contributed by atoms with Gasteiger partial charge in [0.05, 0.1) is 35.3 Å². The van der Waals surface area contributed by atoms with Crippen molar-refractivity contribution in [2.24, 2.45) is 0 Å². The van der Waals surface area contributed by atoms with E-state index in [4.69, 9.17) is 5.26 Å². The number of nitrogens with one attached hydrogen (secondary N) is 1. The van der Waals surface area contributed by atoms with Crippen molar-refractivity contribution in [2.45, 2.75) is 6.18 Å². The molecule has 0 amide bonds. The first-order valence-electron chi connectivity index (χ1n) is 5.14. The van der Waals surface area contributed by atoms with Gasteiger partial charge in [0.15, 0.2) is 0 Å². The van der Waals surface area contributed by atoms with Gasteiger partial charge in [-0.3, -0.25) is 0 Å².